The molecule has 0 heterocycles. The van der Waals surface area contributed by atoms with E-state index in [1.165, 1.54) is 0 Å². The third kappa shape index (κ3) is 3.48. The van der Waals surface area contributed by atoms with Crippen molar-refractivity contribution in [2.24, 2.45) is 5.73 Å². The molecule has 2 aromatic carbocycles. The fourth-order valence-electron chi connectivity index (χ4n) is 1.82. The van der Waals surface area contributed by atoms with Gasteiger partial charge in [-0.1, -0.05) is 42.5 Å². The van der Waals surface area contributed by atoms with E-state index >= 15 is 0 Å². The highest BCUT2D eigenvalue weighted by Gasteiger charge is 2.05. The van der Waals surface area contributed by atoms with Crippen LogP contribution in [0.1, 0.15) is 16.7 Å². The molecule has 2 rings (SSSR count). The summed E-state index contributed by atoms with van der Waals surface area (Å²) < 4.78 is 11.1. The predicted octanol–water partition coefficient (Wildman–Crippen LogP) is 3.22. The van der Waals surface area contributed by atoms with Crippen LogP contribution in [0.15, 0.2) is 42.5 Å². The second-order valence-corrected chi connectivity index (χ2v) is 4.94. The van der Waals surface area contributed by atoms with E-state index < -0.39 is 0 Å². The zero-order chi connectivity index (χ0) is 14.5. The first-order valence-corrected chi connectivity index (χ1v) is 6.67. The van der Waals surface area contributed by atoms with Crippen LogP contribution in [0, 0.1) is 6.92 Å². The van der Waals surface area contributed by atoms with Crippen LogP contribution in [0.3, 0.4) is 0 Å². The Bertz CT molecular complexity index is 608. The fraction of sp³-hybridized carbons (Fsp3) is 0.188. The number of nitrogens with two attached hydrogens (primary N) is 1. The number of aryl methyl sites for hydroxylation is 1. The molecule has 0 fully saturated rings. The van der Waals surface area contributed by atoms with Crippen molar-refractivity contribution in [2.75, 3.05) is 7.11 Å². The van der Waals surface area contributed by atoms with Crippen molar-refractivity contribution < 1.29 is 9.47 Å². The van der Waals surface area contributed by atoms with E-state index in [9.17, 15) is 0 Å². The molecule has 4 heteroatoms. The number of hydrogen-bond acceptors (Lipinski definition) is 3. The summed E-state index contributed by atoms with van der Waals surface area (Å²) in [6.45, 7) is 2.48. The summed E-state index contributed by atoms with van der Waals surface area (Å²) >= 11 is 4.92. The molecule has 0 aliphatic rings. The van der Waals surface area contributed by atoms with Crippen molar-refractivity contribution >= 4 is 17.2 Å². The van der Waals surface area contributed by atoms with Gasteiger partial charge in [0.2, 0.25) is 0 Å². The van der Waals surface area contributed by atoms with Gasteiger partial charge in [-0.05, 0) is 30.2 Å². The van der Waals surface area contributed by atoms with Gasteiger partial charge in [0.25, 0.3) is 0 Å². The average Bonchev–Trinajstić information content (AvgIpc) is 2.46. The maximum Gasteiger partial charge on any atom is 0.161 e. The topological polar surface area (TPSA) is 44.5 Å². The van der Waals surface area contributed by atoms with Gasteiger partial charge < -0.3 is 15.2 Å². The molecular weight excluding hydrogens is 270 g/mol. The molecule has 0 unspecified atom stereocenters. The lowest BCUT2D eigenvalue weighted by atomic mass is 10.1. The van der Waals surface area contributed by atoms with Gasteiger partial charge in [0.15, 0.2) is 11.5 Å². The first-order chi connectivity index (χ1) is 9.60. The van der Waals surface area contributed by atoms with Crippen molar-refractivity contribution in [3.05, 3.63) is 59.2 Å². The Hall–Kier alpha value is -2.07. The average molecular weight is 287 g/mol. The Morgan fingerprint density at radius 1 is 1.10 bits per heavy atom. The molecule has 0 aromatic heterocycles. The van der Waals surface area contributed by atoms with Crippen LogP contribution in [0.5, 0.6) is 11.5 Å². The molecule has 2 N–H and O–H groups in total. The predicted molar refractivity (Wildman–Crippen MR) is 84.4 cm³/mol. The normalized spacial score (nSPS) is 10.1. The van der Waals surface area contributed by atoms with Gasteiger partial charge in [-0.25, -0.2) is 0 Å². The van der Waals surface area contributed by atoms with E-state index in [0.29, 0.717) is 11.6 Å². The lowest BCUT2D eigenvalue weighted by molar-refractivity contribution is 0.284. The van der Waals surface area contributed by atoms with Crippen LogP contribution in [-0.2, 0) is 6.61 Å². The fourth-order valence-corrected chi connectivity index (χ4v) is 1.96. The largest absolute Gasteiger partial charge is 0.493 e. The van der Waals surface area contributed by atoms with Crippen LogP contribution in [0.4, 0.5) is 0 Å². The third-order valence-electron chi connectivity index (χ3n) is 2.95. The van der Waals surface area contributed by atoms with Crippen molar-refractivity contribution in [1.82, 2.24) is 0 Å². The Morgan fingerprint density at radius 2 is 1.80 bits per heavy atom. The highest BCUT2D eigenvalue weighted by atomic mass is 32.1. The van der Waals surface area contributed by atoms with Crippen LogP contribution in [0.25, 0.3) is 0 Å². The van der Waals surface area contributed by atoms with Crippen molar-refractivity contribution in [1.29, 1.82) is 0 Å². The maximum atomic E-state index is 5.78. The highest BCUT2D eigenvalue weighted by molar-refractivity contribution is 7.80. The molecule has 2 aromatic rings. The molecule has 3 nitrogen and oxygen atoms in total. The first-order valence-electron chi connectivity index (χ1n) is 6.26. The van der Waals surface area contributed by atoms with E-state index in [-0.39, 0.29) is 0 Å². The summed E-state index contributed by atoms with van der Waals surface area (Å²) in [5, 5.41) is 0. The van der Waals surface area contributed by atoms with Gasteiger partial charge in [-0.3, -0.25) is 0 Å². The molecule has 0 atom stereocenters. The van der Waals surface area contributed by atoms with Crippen LogP contribution in [0.2, 0.25) is 0 Å². The number of rotatable bonds is 5. The quantitative estimate of drug-likeness (QED) is 0.858. The standard InChI is InChI=1S/C16H17NO2S/c1-11-3-8-14(15(9-11)18-2)19-10-12-4-6-13(7-5-12)16(17)20/h3-9H,10H2,1-2H3,(H2,17,20). The van der Waals surface area contributed by atoms with Crippen LogP contribution < -0.4 is 15.2 Å². The molecule has 0 saturated carbocycles. The van der Waals surface area contributed by atoms with Gasteiger partial charge in [0.1, 0.15) is 11.6 Å². The maximum absolute atomic E-state index is 5.78. The van der Waals surface area contributed by atoms with E-state index in [4.69, 9.17) is 27.4 Å². The number of benzene rings is 2. The second-order valence-electron chi connectivity index (χ2n) is 4.50. The minimum Gasteiger partial charge on any atom is -0.493 e. The summed E-state index contributed by atoms with van der Waals surface area (Å²) in [5.74, 6) is 1.47. The number of thiocarbonyl (C=S) groups is 1. The molecule has 104 valence electrons. The van der Waals surface area contributed by atoms with Crippen molar-refractivity contribution in [2.45, 2.75) is 13.5 Å². The zero-order valence-corrected chi connectivity index (χ0v) is 12.4. The number of methoxy groups -OCH3 is 1. The first kappa shape index (κ1) is 14.3. The highest BCUT2D eigenvalue weighted by Crippen LogP contribution is 2.28. The Balaban J connectivity index is 2.06. The molecule has 0 bridgehead atoms. The smallest absolute Gasteiger partial charge is 0.161 e. The Kier molecular flexibility index (Phi) is 4.58. The van der Waals surface area contributed by atoms with Gasteiger partial charge in [-0.2, -0.15) is 0 Å². The number of hydrogen-bond donors (Lipinski definition) is 1. The van der Waals surface area contributed by atoms with Gasteiger partial charge in [0, 0.05) is 5.56 Å². The van der Waals surface area contributed by atoms with E-state index in [1.807, 2.05) is 49.4 Å². The summed E-state index contributed by atoms with van der Waals surface area (Å²) in [6, 6.07) is 13.6. The van der Waals surface area contributed by atoms with Gasteiger partial charge >= 0.3 is 0 Å². The summed E-state index contributed by atoms with van der Waals surface area (Å²) in [7, 11) is 1.64. The summed E-state index contributed by atoms with van der Waals surface area (Å²) in [4.78, 5) is 0.401. The van der Waals surface area contributed by atoms with Gasteiger partial charge in [-0.15, -0.1) is 0 Å². The van der Waals surface area contributed by atoms with E-state index in [1.54, 1.807) is 7.11 Å². The van der Waals surface area contributed by atoms with Crippen LogP contribution >= 0.6 is 12.2 Å². The third-order valence-corrected chi connectivity index (χ3v) is 3.19. The molecule has 0 radical (unpaired) electrons. The summed E-state index contributed by atoms with van der Waals surface area (Å²) in [5.41, 5.74) is 8.61. The molecule has 0 saturated heterocycles. The lowest BCUT2D eigenvalue weighted by Gasteiger charge is -2.11. The number of ether oxygens (including phenoxy) is 2. The minimum absolute atomic E-state index is 0.401. The lowest BCUT2D eigenvalue weighted by Crippen LogP contribution is -2.09. The SMILES string of the molecule is COc1cc(C)ccc1OCc1ccc(C(N)=S)cc1. The van der Waals surface area contributed by atoms with Crippen molar-refractivity contribution in [3.63, 3.8) is 0 Å². The van der Waals surface area contributed by atoms with Crippen molar-refractivity contribution in [3.8, 4) is 11.5 Å². The summed E-state index contributed by atoms with van der Waals surface area (Å²) in [6.07, 6.45) is 0. The van der Waals surface area contributed by atoms with Gasteiger partial charge in [0.05, 0.1) is 7.11 Å². The molecule has 0 aliphatic heterocycles. The minimum atomic E-state index is 0.401. The second kappa shape index (κ2) is 6.39. The molecule has 0 spiro atoms. The van der Waals surface area contributed by atoms with Crippen LogP contribution in [-0.4, -0.2) is 12.1 Å². The molecular formula is C16H17NO2S. The Labute approximate surface area is 124 Å². The molecule has 0 amide bonds. The molecule has 20 heavy (non-hydrogen) atoms. The zero-order valence-electron chi connectivity index (χ0n) is 11.6. The van der Waals surface area contributed by atoms with E-state index in [2.05, 4.69) is 0 Å². The molecule has 0 aliphatic carbocycles. The Morgan fingerprint density at radius 3 is 2.40 bits per heavy atom. The monoisotopic (exact) mass is 287 g/mol. The van der Waals surface area contributed by atoms with E-state index in [0.717, 1.165) is 28.2 Å².